The second-order valence-electron chi connectivity index (χ2n) is 5.07. The normalized spacial score (nSPS) is 16.9. The maximum atomic E-state index is 13.8. The van der Waals surface area contributed by atoms with Crippen LogP contribution in [0.2, 0.25) is 0 Å². The summed E-state index contributed by atoms with van der Waals surface area (Å²) in [6.07, 6.45) is 2.24. The van der Waals surface area contributed by atoms with Crippen LogP contribution in [0.4, 0.5) is 4.39 Å². The van der Waals surface area contributed by atoms with Crippen LogP contribution in [0.1, 0.15) is 17.0 Å². The molecule has 1 aromatic heterocycles. The molecule has 1 aliphatic heterocycles. The second-order valence-corrected chi connectivity index (χ2v) is 5.07. The van der Waals surface area contributed by atoms with Gasteiger partial charge in [-0.3, -0.25) is 4.98 Å². The van der Waals surface area contributed by atoms with Gasteiger partial charge >= 0.3 is 0 Å². The van der Waals surface area contributed by atoms with Crippen molar-refractivity contribution in [2.75, 3.05) is 6.54 Å². The Morgan fingerprint density at radius 2 is 2.20 bits per heavy atom. The zero-order valence-corrected chi connectivity index (χ0v) is 11.5. The van der Waals surface area contributed by atoms with E-state index in [1.807, 2.05) is 13.8 Å². The number of fused-ring (bicyclic) bond motifs is 1. The number of aromatic nitrogens is 2. The Bertz CT molecular complexity index is 672. The molecule has 0 spiro atoms. The fraction of sp³-hybridized carbons (Fsp3) is 0.333. The molecule has 2 aromatic rings. The third-order valence-electron chi connectivity index (χ3n) is 3.46. The predicted octanol–water partition coefficient (Wildman–Crippen LogP) is 2.16. The number of hydrogen-bond acceptors (Lipinski definition) is 4. The quantitative estimate of drug-likeness (QED) is 0.911. The maximum Gasteiger partial charge on any atom is 0.132 e. The van der Waals surface area contributed by atoms with Crippen molar-refractivity contribution >= 4 is 0 Å². The van der Waals surface area contributed by atoms with Crippen LogP contribution in [0.5, 0.6) is 5.75 Å². The molecule has 3 rings (SSSR count). The first-order valence-corrected chi connectivity index (χ1v) is 6.58. The number of rotatable bonds is 2. The highest BCUT2D eigenvalue weighted by atomic mass is 19.1. The third kappa shape index (κ3) is 2.14. The zero-order chi connectivity index (χ0) is 14.3. The maximum absolute atomic E-state index is 13.8. The second kappa shape index (κ2) is 4.83. The number of hydrogen-bond donors (Lipinski definition) is 1. The van der Waals surface area contributed by atoms with Crippen molar-refractivity contribution in [3.8, 4) is 17.0 Å². The van der Waals surface area contributed by atoms with Crippen LogP contribution in [0.15, 0.2) is 18.3 Å². The van der Waals surface area contributed by atoms with Gasteiger partial charge in [-0.2, -0.15) is 0 Å². The van der Waals surface area contributed by atoms with Crippen molar-refractivity contribution in [3.05, 3.63) is 41.1 Å². The topological polar surface area (TPSA) is 61.0 Å². The molecule has 0 aliphatic carbocycles. The SMILES string of the molecule is Cc1cnc(C)c(-c2cc(F)cc3c2O[C@H](CN)C3)n1. The van der Waals surface area contributed by atoms with E-state index >= 15 is 0 Å². The number of ether oxygens (including phenoxy) is 1. The highest BCUT2D eigenvalue weighted by Crippen LogP contribution is 2.39. The summed E-state index contributed by atoms with van der Waals surface area (Å²) >= 11 is 0. The standard InChI is InChI=1S/C15H16FN3O/c1-8-7-18-9(2)14(19-8)13-5-11(16)3-10-4-12(6-17)20-15(10)13/h3,5,7,12H,4,6,17H2,1-2H3/t12-/m0/s1. The lowest BCUT2D eigenvalue weighted by molar-refractivity contribution is 0.242. The number of nitrogens with two attached hydrogens (primary N) is 1. The van der Waals surface area contributed by atoms with Gasteiger partial charge in [0.05, 0.1) is 17.1 Å². The minimum Gasteiger partial charge on any atom is -0.488 e. The highest BCUT2D eigenvalue weighted by molar-refractivity contribution is 5.72. The summed E-state index contributed by atoms with van der Waals surface area (Å²) in [7, 11) is 0. The van der Waals surface area contributed by atoms with Crippen molar-refractivity contribution in [2.24, 2.45) is 5.73 Å². The van der Waals surface area contributed by atoms with E-state index in [4.69, 9.17) is 10.5 Å². The average Bonchev–Trinajstić information content (AvgIpc) is 2.83. The minimum atomic E-state index is -0.289. The lowest BCUT2D eigenvalue weighted by atomic mass is 10.0. The van der Waals surface area contributed by atoms with Crippen LogP contribution < -0.4 is 10.5 Å². The molecule has 0 bridgehead atoms. The van der Waals surface area contributed by atoms with Gasteiger partial charge in [0, 0.05) is 30.3 Å². The highest BCUT2D eigenvalue weighted by Gasteiger charge is 2.27. The van der Waals surface area contributed by atoms with Gasteiger partial charge < -0.3 is 10.5 Å². The Morgan fingerprint density at radius 1 is 1.40 bits per heavy atom. The molecule has 0 radical (unpaired) electrons. The molecule has 104 valence electrons. The smallest absolute Gasteiger partial charge is 0.132 e. The van der Waals surface area contributed by atoms with E-state index in [1.165, 1.54) is 12.1 Å². The largest absolute Gasteiger partial charge is 0.488 e. The van der Waals surface area contributed by atoms with Crippen LogP contribution in [-0.2, 0) is 6.42 Å². The summed E-state index contributed by atoms with van der Waals surface area (Å²) in [4.78, 5) is 8.76. The van der Waals surface area contributed by atoms with Crippen LogP contribution in [0, 0.1) is 19.7 Å². The molecule has 5 heteroatoms. The van der Waals surface area contributed by atoms with E-state index in [2.05, 4.69) is 9.97 Å². The average molecular weight is 273 g/mol. The van der Waals surface area contributed by atoms with Gasteiger partial charge in [0.2, 0.25) is 0 Å². The van der Waals surface area contributed by atoms with Gasteiger partial charge in [-0.1, -0.05) is 0 Å². The molecule has 4 nitrogen and oxygen atoms in total. The molecular formula is C15H16FN3O. The summed E-state index contributed by atoms with van der Waals surface area (Å²) in [5, 5.41) is 0. The Kier molecular flexibility index (Phi) is 3.14. The van der Waals surface area contributed by atoms with Crippen molar-refractivity contribution in [1.29, 1.82) is 0 Å². The van der Waals surface area contributed by atoms with E-state index in [0.29, 0.717) is 30.0 Å². The zero-order valence-electron chi connectivity index (χ0n) is 11.5. The molecule has 0 unspecified atom stereocenters. The van der Waals surface area contributed by atoms with Gasteiger partial charge in [-0.25, -0.2) is 9.37 Å². The third-order valence-corrected chi connectivity index (χ3v) is 3.46. The minimum absolute atomic E-state index is 0.0939. The number of halogens is 1. The summed E-state index contributed by atoms with van der Waals surface area (Å²) in [5.41, 5.74) is 9.36. The molecule has 1 aliphatic rings. The molecule has 1 aromatic carbocycles. The van der Waals surface area contributed by atoms with Crippen LogP contribution in [0.25, 0.3) is 11.3 Å². The summed E-state index contributed by atoms with van der Waals surface area (Å²) < 4.78 is 19.7. The van der Waals surface area contributed by atoms with Gasteiger partial charge in [0.25, 0.3) is 0 Å². The lowest BCUT2D eigenvalue weighted by Gasteiger charge is -2.12. The molecule has 2 N–H and O–H groups in total. The molecule has 0 amide bonds. The molecular weight excluding hydrogens is 257 g/mol. The Morgan fingerprint density at radius 3 is 2.95 bits per heavy atom. The Labute approximate surface area is 116 Å². The van der Waals surface area contributed by atoms with Crippen LogP contribution in [-0.4, -0.2) is 22.6 Å². The van der Waals surface area contributed by atoms with Gasteiger partial charge in [0.15, 0.2) is 0 Å². The van der Waals surface area contributed by atoms with E-state index in [9.17, 15) is 4.39 Å². The van der Waals surface area contributed by atoms with E-state index < -0.39 is 0 Å². The van der Waals surface area contributed by atoms with Crippen molar-refractivity contribution < 1.29 is 9.13 Å². The summed E-state index contributed by atoms with van der Waals surface area (Å²) in [5.74, 6) is 0.396. The first kappa shape index (κ1) is 13.0. The van der Waals surface area contributed by atoms with E-state index in [-0.39, 0.29) is 11.9 Å². The molecule has 0 fully saturated rings. The van der Waals surface area contributed by atoms with Crippen LogP contribution in [0.3, 0.4) is 0 Å². The van der Waals surface area contributed by atoms with Gasteiger partial charge in [0.1, 0.15) is 17.7 Å². The Balaban J connectivity index is 2.18. The summed E-state index contributed by atoms with van der Waals surface area (Å²) in [6, 6.07) is 2.96. The van der Waals surface area contributed by atoms with Crippen molar-refractivity contribution in [3.63, 3.8) is 0 Å². The number of benzene rings is 1. The number of aryl methyl sites for hydroxylation is 2. The first-order valence-electron chi connectivity index (χ1n) is 6.58. The first-order chi connectivity index (χ1) is 9.58. The monoisotopic (exact) mass is 273 g/mol. The number of nitrogens with zero attached hydrogens (tertiary/aromatic N) is 2. The summed E-state index contributed by atoms with van der Waals surface area (Å²) in [6.45, 7) is 4.13. The van der Waals surface area contributed by atoms with Crippen molar-refractivity contribution in [2.45, 2.75) is 26.4 Å². The van der Waals surface area contributed by atoms with Gasteiger partial charge in [-0.05, 0) is 26.0 Å². The predicted molar refractivity (Wildman–Crippen MR) is 74.1 cm³/mol. The fourth-order valence-electron chi connectivity index (χ4n) is 2.49. The molecule has 1 atom stereocenters. The lowest BCUT2D eigenvalue weighted by Crippen LogP contribution is -2.24. The fourth-order valence-corrected chi connectivity index (χ4v) is 2.49. The Hall–Kier alpha value is -2.01. The molecule has 20 heavy (non-hydrogen) atoms. The molecule has 0 saturated heterocycles. The van der Waals surface area contributed by atoms with E-state index in [1.54, 1.807) is 6.20 Å². The molecule has 2 heterocycles. The van der Waals surface area contributed by atoms with Crippen molar-refractivity contribution in [1.82, 2.24) is 9.97 Å². The van der Waals surface area contributed by atoms with E-state index in [0.717, 1.165) is 17.0 Å². The van der Waals surface area contributed by atoms with Gasteiger partial charge in [-0.15, -0.1) is 0 Å². The van der Waals surface area contributed by atoms with Crippen LogP contribution >= 0.6 is 0 Å². The molecule has 0 saturated carbocycles.